The van der Waals surface area contributed by atoms with E-state index in [0.29, 0.717) is 0 Å². The first-order valence-electron chi connectivity index (χ1n) is 6.62. The van der Waals surface area contributed by atoms with Gasteiger partial charge in [-0.15, -0.1) is 23.1 Å². The highest BCUT2D eigenvalue weighted by Gasteiger charge is 2.08. The molecule has 0 aliphatic rings. The van der Waals surface area contributed by atoms with Gasteiger partial charge in [0.15, 0.2) is 0 Å². The van der Waals surface area contributed by atoms with Gasteiger partial charge in [-0.25, -0.2) is 0 Å². The van der Waals surface area contributed by atoms with Crippen molar-refractivity contribution < 1.29 is 5.11 Å². The molecule has 1 nitrogen and oxygen atoms in total. The SMILES string of the molecule is CCc1ccc(CC(O)CSc2cccc(C)c2)s1. The second kappa shape index (κ2) is 7.13. The lowest BCUT2D eigenvalue weighted by atomic mass is 10.2. The van der Waals surface area contributed by atoms with E-state index in [4.69, 9.17) is 0 Å². The van der Waals surface area contributed by atoms with Gasteiger partial charge in [-0.2, -0.15) is 0 Å². The number of aliphatic hydroxyl groups is 1. The van der Waals surface area contributed by atoms with Crippen molar-refractivity contribution in [2.24, 2.45) is 0 Å². The van der Waals surface area contributed by atoms with Crippen LogP contribution in [0.5, 0.6) is 0 Å². The monoisotopic (exact) mass is 292 g/mol. The molecule has 1 unspecified atom stereocenters. The maximum absolute atomic E-state index is 10.1. The zero-order valence-corrected chi connectivity index (χ0v) is 13.1. The largest absolute Gasteiger partial charge is 0.392 e. The summed E-state index contributed by atoms with van der Waals surface area (Å²) in [6, 6.07) is 12.7. The van der Waals surface area contributed by atoms with E-state index in [1.165, 1.54) is 20.2 Å². The molecule has 0 bridgehead atoms. The van der Waals surface area contributed by atoms with Gasteiger partial charge in [-0.05, 0) is 37.6 Å². The predicted molar refractivity (Wildman–Crippen MR) is 85.3 cm³/mol. The average Bonchev–Trinajstić information content (AvgIpc) is 2.84. The number of hydrogen-bond donors (Lipinski definition) is 1. The Morgan fingerprint density at radius 2 is 2.00 bits per heavy atom. The van der Waals surface area contributed by atoms with Crippen LogP contribution in [0.25, 0.3) is 0 Å². The second-order valence-corrected chi connectivity index (χ2v) is 7.05. The highest BCUT2D eigenvalue weighted by molar-refractivity contribution is 7.99. The Morgan fingerprint density at radius 1 is 1.21 bits per heavy atom. The Bertz CT molecular complexity index is 519. The van der Waals surface area contributed by atoms with Gasteiger partial charge >= 0.3 is 0 Å². The molecular weight excluding hydrogens is 272 g/mol. The third-order valence-corrected chi connectivity index (χ3v) is 5.33. The quantitative estimate of drug-likeness (QED) is 0.800. The number of hydrogen-bond acceptors (Lipinski definition) is 3. The average molecular weight is 292 g/mol. The normalized spacial score (nSPS) is 12.6. The molecule has 102 valence electrons. The highest BCUT2D eigenvalue weighted by Crippen LogP contribution is 2.23. The van der Waals surface area contributed by atoms with Crippen LogP contribution in [0.4, 0.5) is 0 Å². The van der Waals surface area contributed by atoms with E-state index in [1.807, 2.05) is 11.3 Å². The van der Waals surface area contributed by atoms with Crippen LogP contribution in [0.1, 0.15) is 22.2 Å². The van der Waals surface area contributed by atoms with Crippen LogP contribution < -0.4 is 0 Å². The van der Waals surface area contributed by atoms with Crippen LogP contribution >= 0.6 is 23.1 Å². The fourth-order valence-corrected chi connectivity index (χ4v) is 3.89. The number of benzene rings is 1. The summed E-state index contributed by atoms with van der Waals surface area (Å²) in [4.78, 5) is 3.92. The summed E-state index contributed by atoms with van der Waals surface area (Å²) in [6.45, 7) is 4.26. The fraction of sp³-hybridized carbons (Fsp3) is 0.375. The van der Waals surface area contributed by atoms with Crippen LogP contribution in [0.2, 0.25) is 0 Å². The lowest BCUT2D eigenvalue weighted by Gasteiger charge is -2.09. The summed E-state index contributed by atoms with van der Waals surface area (Å²) >= 11 is 3.55. The Hall–Kier alpha value is -0.770. The lowest BCUT2D eigenvalue weighted by molar-refractivity contribution is 0.201. The maximum Gasteiger partial charge on any atom is 0.0682 e. The van der Waals surface area contributed by atoms with Crippen LogP contribution in [0, 0.1) is 6.92 Å². The first kappa shape index (κ1) is 14.6. The van der Waals surface area contributed by atoms with Gasteiger partial charge in [0.05, 0.1) is 6.10 Å². The molecule has 0 aliphatic carbocycles. The Balaban J connectivity index is 1.82. The molecule has 0 amide bonds. The van der Waals surface area contributed by atoms with E-state index in [1.54, 1.807) is 11.8 Å². The minimum atomic E-state index is -0.270. The number of thioether (sulfide) groups is 1. The van der Waals surface area contributed by atoms with Crippen molar-refractivity contribution in [1.29, 1.82) is 0 Å². The summed E-state index contributed by atoms with van der Waals surface area (Å²) in [6.07, 6.45) is 1.58. The third-order valence-electron chi connectivity index (χ3n) is 2.93. The predicted octanol–water partition coefficient (Wildman–Crippen LogP) is 4.31. The van der Waals surface area contributed by atoms with E-state index >= 15 is 0 Å². The number of aryl methyl sites for hydroxylation is 2. The summed E-state index contributed by atoms with van der Waals surface area (Å²) in [5.41, 5.74) is 1.27. The second-order valence-electron chi connectivity index (χ2n) is 4.71. The topological polar surface area (TPSA) is 20.2 Å². The fourth-order valence-electron chi connectivity index (χ4n) is 1.91. The van der Waals surface area contributed by atoms with Crippen LogP contribution in [0.3, 0.4) is 0 Å². The molecule has 2 rings (SSSR count). The van der Waals surface area contributed by atoms with Crippen LogP contribution in [-0.2, 0) is 12.8 Å². The molecule has 0 saturated heterocycles. The molecule has 0 aliphatic heterocycles. The summed E-state index contributed by atoms with van der Waals surface area (Å²) in [5.74, 6) is 0.753. The molecule has 1 N–H and O–H groups in total. The van der Waals surface area contributed by atoms with E-state index in [-0.39, 0.29) is 6.10 Å². The molecular formula is C16H20OS2. The van der Waals surface area contributed by atoms with Gasteiger partial charge in [0, 0.05) is 26.8 Å². The zero-order chi connectivity index (χ0) is 13.7. The minimum Gasteiger partial charge on any atom is -0.392 e. The molecule has 1 heterocycles. The minimum absolute atomic E-state index is 0.270. The Labute approximate surface area is 123 Å². The molecule has 1 aromatic carbocycles. The summed E-state index contributed by atoms with van der Waals surface area (Å²) < 4.78 is 0. The van der Waals surface area contributed by atoms with Gasteiger partial charge in [-0.1, -0.05) is 24.6 Å². The number of thiophene rings is 1. The summed E-state index contributed by atoms with van der Waals surface area (Å²) in [7, 11) is 0. The van der Waals surface area contributed by atoms with E-state index in [9.17, 15) is 5.11 Å². The van der Waals surface area contributed by atoms with Crippen molar-refractivity contribution in [1.82, 2.24) is 0 Å². The van der Waals surface area contributed by atoms with Crippen molar-refractivity contribution in [2.45, 2.75) is 37.7 Å². The molecule has 0 fully saturated rings. The zero-order valence-electron chi connectivity index (χ0n) is 11.4. The molecule has 0 saturated carbocycles. The smallest absolute Gasteiger partial charge is 0.0682 e. The van der Waals surface area contributed by atoms with E-state index in [2.05, 4.69) is 50.2 Å². The van der Waals surface area contributed by atoms with Gasteiger partial charge in [-0.3, -0.25) is 0 Å². The van der Waals surface area contributed by atoms with Gasteiger partial charge in [0.2, 0.25) is 0 Å². The Kier molecular flexibility index (Phi) is 5.49. The molecule has 1 atom stereocenters. The van der Waals surface area contributed by atoms with Crippen molar-refractivity contribution in [2.75, 3.05) is 5.75 Å². The first-order chi connectivity index (χ1) is 9.17. The molecule has 0 radical (unpaired) electrons. The third kappa shape index (κ3) is 4.68. The molecule has 3 heteroatoms. The highest BCUT2D eigenvalue weighted by atomic mass is 32.2. The van der Waals surface area contributed by atoms with Crippen molar-refractivity contribution in [3.63, 3.8) is 0 Å². The molecule has 1 aromatic heterocycles. The van der Waals surface area contributed by atoms with Crippen molar-refractivity contribution in [3.8, 4) is 0 Å². The Morgan fingerprint density at radius 3 is 2.68 bits per heavy atom. The van der Waals surface area contributed by atoms with E-state index in [0.717, 1.165) is 18.6 Å². The van der Waals surface area contributed by atoms with Gasteiger partial charge < -0.3 is 5.11 Å². The summed E-state index contributed by atoms with van der Waals surface area (Å²) in [5, 5.41) is 10.1. The molecule has 19 heavy (non-hydrogen) atoms. The van der Waals surface area contributed by atoms with Gasteiger partial charge in [0.1, 0.15) is 0 Å². The van der Waals surface area contributed by atoms with E-state index < -0.39 is 0 Å². The van der Waals surface area contributed by atoms with Crippen LogP contribution in [0.15, 0.2) is 41.3 Å². The lowest BCUT2D eigenvalue weighted by Crippen LogP contribution is -2.12. The number of aliphatic hydroxyl groups excluding tert-OH is 1. The standard InChI is InChI=1S/C16H20OS2/c1-3-14-7-8-16(19-14)10-13(17)11-18-15-6-4-5-12(2)9-15/h4-9,13,17H,3,10-11H2,1-2H3. The molecule has 0 spiro atoms. The molecule has 2 aromatic rings. The van der Waals surface area contributed by atoms with Crippen molar-refractivity contribution >= 4 is 23.1 Å². The maximum atomic E-state index is 10.1. The van der Waals surface area contributed by atoms with Gasteiger partial charge in [0.25, 0.3) is 0 Å². The first-order valence-corrected chi connectivity index (χ1v) is 8.42. The van der Waals surface area contributed by atoms with Crippen molar-refractivity contribution in [3.05, 3.63) is 51.7 Å². The van der Waals surface area contributed by atoms with Crippen LogP contribution in [-0.4, -0.2) is 17.0 Å². The number of rotatable bonds is 6.